The van der Waals surface area contributed by atoms with Crippen molar-refractivity contribution in [2.24, 2.45) is 0 Å². The van der Waals surface area contributed by atoms with Gasteiger partial charge >= 0.3 is 0 Å². The molecule has 0 unspecified atom stereocenters. The fourth-order valence-electron chi connectivity index (χ4n) is 2.21. The first kappa shape index (κ1) is 10.6. The molecule has 3 heteroatoms. The van der Waals surface area contributed by atoms with Gasteiger partial charge in [0, 0.05) is 17.1 Å². The topological polar surface area (TPSA) is 48.0 Å². The molecule has 3 rings (SSSR count). The number of rotatable bonds is 2. The van der Waals surface area contributed by atoms with Crippen molar-refractivity contribution in [1.82, 2.24) is 4.57 Å². The lowest BCUT2D eigenvalue weighted by molar-refractivity contribution is 0.112. The molecule has 2 N–H and O–H groups in total. The molecule has 0 saturated heterocycles. The van der Waals surface area contributed by atoms with Crippen molar-refractivity contribution < 1.29 is 4.79 Å². The molecule has 0 radical (unpaired) electrons. The van der Waals surface area contributed by atoms with Gasteiger partial charge in [-0.25, -0.2) is 0 Å². The molecule has 2 aromatic carbocycles. The van der Waals surface area contributed by atoms with Gasteiger partial charge in [-0.1, -0.05) is 30.3 Å². The van der Waals surface area contributed by atoms with Gasteiger partial charge < -0.3 is 10.3 Å². The molecule has 3 nitrogen and oxygen atoms in total. The van der Waals surface area contributed by atoms with Gasteiger partial charge in [-0.05, 0) is 18.2 Å². The number of aromatic nitrogens is 1. The zero-order valence-corrected chi connectivity index (χ0v) is 9.71. The van der Waals surface area contributed by atoms with E-state index in [4.69, 9.17) is 5.73 Å². The van der Waals surface area contributed by atoms with Gasteiger partial charge in [-0.3, -0.25) is 4.79 Å². The molecule has 0 saturated carbocycles. The Morgan fingerprint density at radius 1 is 1.00 bits per heavy atom. The van der Waals surface area contributed by atoms with E-state index in [1.807, 2.05) is 59.3 Å². The Balaban J connectivity index is 2.37. The molecule has 1 heterocycles. The third-order valence-corrected chi connectivity index (χ3v) is 3.07. The Kier molecular flexibility index (Phi) is 2.38. The molecule has 1 aromatic heterocycles. The third-order valence-electron chi connectivity index (χ3n) is 3.07. The summed E-state index contributed by atoms with van der Waals surface area (Å²) in [5, 5.41) is 0.941. The Labute approximate surface area is 104 Å². The number of benzene rings is 2. The molecule has 0 spiro atoms. The van der Waals surface area contributed by atoms with Crippen molar-refractivity contribution in [3.63, 3.8) is 0 Å². The maximum atomic E-state index is 11.1. The number of nitrogens with two attached hydrogens (primary N) is 1. The minimum Gasteiger partial charge on any atom is -0.397 e. The second-order valence-electron chi connectivity index (χ2n) is 4.15. The van der Waals surface area contributed by atoms with Gasteiger partial charge in [0.05, 0.1) is 16.9 Å². The fourth-order valence-corrected chi connectivity index (χ4v) is 2.21. The molecule has 3 aromatic rings. The van der Waals surface area contributed by atoms with Crippen LogP contribution in [0.2, 0.25) is 0 Å². The monoisotopic (exact) mass is 236 g/mol. The predicted molar refractivity (Wildman–Crippen MR) is 73.1 cm³/mol. The van der Waals surface area contributed by atoms with Crippen LogP contribution in [0, 0.1) is 0 Å². The summed E-state index contributed by atoms with van der Waals surface area (Å²) in [6, 6.07) is 15.4. The second-order valence-corrected chi connectivity index (χ2v) is 4.15. The van der Waals surface area contributed by atoms with E-state index in [9.17, 15) is 4.79 Å². The minimum absolute atomic E-state index is 0.675. The summed E-state index contributed by atoms with van der Waals surface area (Å²) in [6.45, 7) is 0. The van der Waals surface area contributed by atoms with E-state index < -0.39 is 0 Å². The van der Waals surface area contributed by atoms with Crippen LogP contribution in [0.1, 0.15) is 10.4 Å². The first-order valence-corrected chi connectivity index (χ1v) is 5.71. The van der Waals surface area contributed by atoms with E-state index in [0.29, 0.717) is 11.3 Å². The van der Waals surface area contributed by atoms with Gasteiger partial charge in [-0.2, -0.15) is 0 Å². The van der Waals surface area contributed by atoms with Crippen LogP contribution in [-0.2, 0) is 0 Å². The summed E-state index contributed by atoms with van der Waals surface area (Å²) in [6.07, 6.45) is 2.70. The van der Waals surface area contributed by atoms with E-state index in [-0.39, 0.29) is 0 Å². The number of anilines is 1. The second kappa shape index (κ2) is 4.04. The van der Waals surface area contributed by atoms with E-state index in [2.05, 4.69) is 0 Å². The summed E-state index contributed by atoms with van der Waals surface area (Å²) in [7, 11) is 0. The molecule has 0 amide bonds. The van der Waals surface area contributed by atoms with E-state index >= 15 is 0 Å². The predicted octanol–water partition coefficient (Wildman–Crippen LogP) is 3.03. The maximum Gasteiger partial charge on any atom is 0.152 e. The van der Waals surface area contributed by atoms with E-state index in [0.717, 1.165) is 22.9 Å². The lowest BCUT2D eigenvalue weighted by atomic mass is 10.2. The minimum atomic E-state index is 0.675. The van der Waals surface area contributed by atoms with Crippen molar-refractivity contribution >= 4 is 22.9 Å². The lowest BCUT2D eigenvalue weighted by Gasteiger charge is -2.08. The smallest absolute Gasteiger partial charge is 0.152 e. The van der Waals surface area contributed by atoms with Crippen LogP contribution in [0.15, 0.2) is 54.7 Å². The Morgan fingerprint density at radius 2 is 1.72 bits per heavy atom. The number of fused-ring (bicyclic) bond motifs is 1. The normalized spacial score (nSPS) is 10.7. The molecule has 0 aliphatic heterocycles. The standard InChI is InChI=1S/C15H12N2O/c16-13-6-2-4-8-15(13)17-9-11(10-18)12-5-1-3-7-14(12)17/h1-10H,16H2. The maximum absolute atomic E-state index is 11.1. The quantitative estimate of drug-likeness (QED) is 0.549. The molecule has 0 aliphatic carbocycles. The number of nitrogens with zero attached hydrogens (tertiary/aromatic N) is 1. The molecule has 18 heavy (non-hydrogen) atoms. The van der Waals surface area contributed by atoms with Crippen LogP contribution < -0.4 is 5.73 Å². The van der Waals surface area contributed by atoms with Gasteiger partial charge in [0.1, 0.15) is 0 Å². The highest BCUT2D eigenvalue weighted by Crippen LogP contribution is 2.26. The molecule has 0 aliphatic rings. The lowest BCUT2D eigenvalue weighted by Crippen LogP contribution is -1.97. The summed E-state index contributed by atoms with van der Waals surface area (Å²) in [4.78, 5) is 11.1. The molecule has 0 bridgehead atoms. The number of hydrogen-bond donors (Lipinski definition) is 1. The van der Waals surface area contributed by atoms with Crippen molar-refractivity contribution in [2.75, 3.05) is 5.73 Å². The van der Waals surface area contributed by atoms with Crippen LogP contribution in [0.3, 0.4) is 0 Å². The average Bonchev–Trinajstić information content (AvgIpc) is 2.78. The Bertz CT molecular complexity index is 728. The highest BCUT2D eigenvalue weighted by atomic mass is 16.1. The SMILES string of the molecule is Nc1ccccc1-n1cc(C=O)c2ccccc21. The Morgan fingerprint density at radius 3 is 2.50 bits per heavy atom. The van der Waals surface area contributed by atoms with Crippen LogP contribution in [0.25, 0.3) is 16.6 Å². The van der Waals surface area contributed by atoms with Gasteiger partial charge in [-0.15, -0.1) is 0 Å². The van der Waals surface area contributed by atoms with Crippen LogP contribution in [0.4, 0.5) is 5.69 Å². The zero-order chi connectivity index (χ0) is 12.5. The number of carbonyl (C=O) groups excluding carboxylic acids is 1. The molecule has 0 atom stereocenters. The fraction of sp³-hybridized carbons (Fsp3) is 0. The van der Waals surface area contributed by atoms with Crippen molar-refractivity contribution in [2.45, 2.75) is 0 Å². The number of aldehydes is 1. The van der Waals surface area contributed by atoms with Crippen LogP contribution in [-0.4, -0.2) is 10.9 Å². The third kappa shape index (κ3) is 1.49. The van der Waals surface area contributed by atoms with Crippen molar-refractivity contribution in [1.29, 1.82) is 0 Å². The van der Waals surface area contributed by atoms with Crippen molar-refractivity contribution in [3.8, 4) is 5.69 Å². The average molecular weight is 236 g/mol. The summed E-state index contributed by atoms with van der Waals surface area (Å²) >= 11 is 0. The van der Waals surface area contributed by atoms with Crippen molar-refractivity contribution in [3.05, 3.63) is 60.3 Å². The highest BCUT2D eigenvalue weighted by molar-refractivity contribution is 5.98. The molecular weight excluding hydrogens is 224 g/mol. The molecule has 0 fully saturated rings. The zero-order valence-electron chi connectivity index (χ0n) is 9.71. The number of carbonyl (C=O) groups is 1. The van der Waals surface area contributed by atoms with E-state index in [1.165, 1.54) is 0 Å². The summed E-state index contributed by atoms with van der Waals surface area (Å²) < 4.78 is 1.95. The van der Waals surface area contributed by atoms with E-state index in [1.54, 1.807) is 0 Å². The number of para-hydroxylation sites is 3. The summed E-state index contributed by atoms with van der Waals surface area (Å²) in [5.41, 5.74) is 9.22. The van der Waals surface area contributed by atoms with Gasteiger partial charge in [0.2, 0.25) is 0 Å². The number of nitrogen functional groups attached to an aromatic ring is 1. The first-order chi connectivity index (χ1) is 8.81. The van der Waals surface area contributed by atoms with Crippen LogP contribution in [0.5, 0.6) is 0 Å². The summed E-state index contributed by atoms with van der Waals surface area (Å²) in [5.74, 6) is 0. The first-order valence-electron chi connectivity index (χ1n) is 5.71. The van der Waals surface area contributed by atoms with Crippen LogP contribution >= 0.6 is 0 Å². The van der Waals surface area contributed by atoms with Gasteiger partial charge in [0.25, 0.3) is 0 Å². The van der Waals surface area contributed by atoms with Gasteiger partial charge in [0.15, 0.2) is 6.29 Å². The largest absolute Gasteiger partial charge is 0.397 e. The number of hydrogen-bond acceptors (Lipinski definition) is 2. The Hall–Kier alpha value is -2.55. The molecule has 88 valence electrons. The molecular formula is C15H12N2O. The highest BCUT2D eigenvalue weighted by Gasteiger charge is 2.09.